The number of nitrogens with zero attached hydrogens (tertiary/aromatic N) is 2. The number of hydrogen-bond acceptors (Lipinski definition) is 3. The first-order valence-electron chi connectivity index (χ1n) is 9.54. The first-order valence-corrected chi connectivity index (χ1v) is 11.0. The molecule has 0 radical (unpaired) electrons. The van der Waals surface area contributed by atoms with Crippen molar-refractivity contribution in [3.8, 4) is 0 Å². The van der Waals surface area contributed by atoms with E-state index in [4.69, 9.17) is 0 Å². The average Bonchev–Trinajstić information content (AvgIpc) is 2.69. The molecule has 0 aromatic heterocycles. The van der Waals surface area contributed by atoms with Gasteiger partial charge in [-0.3, -0.25) is 4.79 Å². The van der Waals surface area contributed by atoms with Crippen LogP contribution < -0.4 is 4.90 Å². The van der Waals surface area contributed by atoms with Crippen LogP contribution in [0, 0.1) is 6.92 Å². The molecule has 28 heavy (non-hydrogen) atoms. The third-order valence-corrected chi connectivity index (χ3v) is 7.02. The van der Waals surface area contributed by atoms with E-state index in [1.165, 1.54) is 17.5 Å². The summed E-state index contributed by atoms with van der Waals surface area (Å²) in [5.74, 6) is -0.142. The summed E-state index contributed by atoms with van der Waals surface area (Å²) < 4.78 is 26.5. The van der Waals surface area contributed by atoms with E-state index in [9.17, 15) is 13.2 Å². The standard InChI is InChI=1S/C21H27N3O3S/c1-18-8-10-20(11-9-18)28(26,27)22(2)17-21(25)24-14-12-23(13-15-24)16-19-6-4-3-5-7-19/h3-11H,12-17H2,1-2H3/p+1. The second-order valence-corrected chi connectivity index (χ2v) is 9.41. The van der Waals surface area contributed by atoms with Crippen molar-refractivity contribution in [2.45, 2.75) is 18.4 Å². The molecule has 0 bridgehead atoms. The van der Waals surface area contributed by atoms with Crippen LogP contribution in [0.15, 0.2) is 59.5 Å². The summed E-state index contributed by atoms with van der Waals surface area (Å²) in [6, 6.07) is 17.0. The molecule has 150 valence electrons. The molecule has 0 spiro atoms. The van der Waals surface area contributed by atoms with E-state index in [1.54, 1.807) is 29.2 Å². The van der Waals surface area contributed by atoms with Crippen molar-refractivity contribution in [3.63, 3.8) is 0 Å². The average molecular weight is 403 g/mol. The number of aryl methyl sites for hydroxylation is 1. The van der Waals surface area contributed by atoms with Gasteiger partial charge in [0.15, 0.2) is 0 Å². The van der Waals surface area contributed by atoms with Crippen LogP contribution >= 0.6 is 0 Å². The molecule has 1 aliphatic rings. The van der Waals surface area contributed by atoms with Gasteiger partial charge in [0.25, 0.3) is 0 Å². The summed E-state index contributed by atoms with van der Waals surface area (Å²) in [5.41, 5.74) is 2.29. The van der Waals surface area contributed by atoms with Crippen LogP contribution in [0.25, 0.3) is 0 Å². The van der Waals surface area contributed by atoms with Crippen LogP contribution in [0.1, 0.15) is 11.1 Å². The summed E-state index contributed by atoms with van der Waals surface area (Å²) >= 11 is 0. The summed E-state index contributed by atoms with van der Waals surface area (Å²) in [6.45, 7) is 5.76. The molecule has 0 unspecified atom stereocenters. The maximum atomic E-state index is 12.7. The van der Waals surface area contributed by atoms with Gasteiger partial charge < -0.3 is 9.80 Å². The van der Waals surface area contributed by atoms with Crippen molar-refractivity contribution < 1.29 is 18.1 Å². The number of benzene rings is 2. The minimum absolute atomic E-state index is 0.135. The van der Waals surface area contributed by atoms with Gasteiger partial charge in [0.2, 0.25) is 15.9 Å². The molecule has 1 heterocycles. The number of piperazine rings is 1. The molecule has 0 atom stereocenters. The van der Waals surface area contributed by atoms with E-state index in [2.05, 4.69) is 12.1 Å². The van der Waals surface area contributed by atoms with Gasteiger partial charge in [-0.2, -0.15) is 4.31 Å². The molecule has 1 saturated heterocycles. The van der Waals surface area contributed by atoms with Crippen LogP contribution in [0.5, 0.6) is 0 Å². The highest BCUT2D eigenvalue weighted by atomic mass is 32.2. The van der Waals surface area contributed by atoms with E-state index in [1.807, 2.05) is 25.1 Å². The lowest BCUT2D eigenvalue weighted by Crippen LogP contribution is -3.13. The Hall–Kier alpha value is -2.22. The first-order chi connectivity index (χ1) is 13.4. The molecule has 1 aliphatic heterocycles. The van der Waals surface area contributed by atoms with Gasteiger partial charge in [-0.05, 0) is 19.1 Å². The Bertz CT molecular complexity index is 890. The lowest BCUT2D eigenvalue weighted by atomic mass is 10.2. The van der Waals surface area contributed by atoms with Gasteiger partial charge in [0.1, 0.15) is 6.54 Å². The molecule has 0 aliphatic carbocycles. The highest BCUT2D eigenvalue weighted by Gasteiger charge is 2.28. The molecule has 2 aromatic carbocycles. The molecule has 1 fully saturated rings. The zero-order valence-electron chi connectivity index (χ0n) is 16.5. The maximum Gasteiger partial charge on any atom is 0.243 e. The molecule has 6 nitrogen and oxygen atoms in total. The van der Waals surface area contributed by atoms with Crippen LogP contribution in [-0.2, 0) is 21.4 Å². The first kappa shape index (κ1) is 20.5. The highest BCUT2D eigenvalue weighted by Crippen LogP contribution is 2.15. The smallest absolute Gasteiger partial charge is 0.243 e. The zero-order valence-corrected chi connectivity index (χ0v) is 17.3. The number of amides is 1. The Morgan fingerprint density at radius 3 is 2.25 bits per heavy atom. The van der Waals surface area contributed by atoms with E-state index < -0.39 is 10.0 Å². The Morgan fingerprint density at radius 1 is 1.04 bits per heavy atom. The molecule has 7 heteroatoms. The molecule has 3 rings (SSSR count). The van der Waals surface area contributed by atoms with Crippen molar-refractivity contribution in [2.24, 2.45) is 0 Å². The van der Waals surface area contributed by atoms with Crippen molar-refractivity contribution in [2.75, 3.05) is 39.8 Å². The minimum atomic E-state index is -3.66. The molecular weight excluding hydrogens is 374 g/mol. The Morgan fingerprint density at radius 2 is 1.64 bits per heavy atom. The van der Waals surface area contributed by atoms with E-state index >= 15 is 0 Å². The molecule has 2 aromatic rings. The Labute approximate surface area is 167 Å². The van der Waals surface area contributed by atoms with Crippen molar-refractivity contribution in [1.29, 1.82) is 0 Å². The zero-order chi connectivity index (χ0) is 20.1. The lowest BCUT2D eigenvalue weighted by molar-refractivity contribution is -0.917. The SMILES string of the molecule is Cc1ccc(S(=O)(=O)N(C)CC(=O)N2CC[NH+](Cc3ccccc3)CC2)cc1. The van der Waals surface area contributed by atoms with Crippen molar-refractivity contribution in [3.05, 3.63) is 65.7 Å². The number of sulfonamides is 1. The van der Waals surface area contributed by atoms with Gasteiger partial charge in [-0.1, -0.05) is 48.0 Å². The fourth-order valence-corrected chi connectivity index (χ4v) is 4.52. The van der Waals surface area contributed by atoms with Crippen LogP contribution in [0.4, 0.5) is 0 Å². The van der Waals surface area contributed by atoms with E-state index in [0.29, 0.717) is 13.1 Å². The fourth-order valence-electron chi connectivity index (χ4n) is 3.40. The minimum Gasteiger partial charge on any atom is -0.330 e. The molecule has 0 saturated carbocycles. The van der Waals surface area contributed by atoms with Gasteiger partial charge >= 0.3 is 0 Å². The molecule has 1 amide bonds. The number of rotatable bonds is 6. The van der Waals surface area contributed by atoms with E-state index in [-0.39, 0.29) is 17.3 Å². The largest absolute Gasteiger partial charge is 0.330 e. The topological polar surface area (TPSA) is 62.1 Å². The normalized spacial score (nSPS) is 15.8. The maximum absolute atomic E-state index is 12.7. The molecule has 1 N–H and O–H groups in total. The van der Waals surface area contributed by atoms with Gasteiger partial charge in [-0.15, -0.1) is 0 Å². The van der Waals surface area contributed by atoms with Gasteiger partial charge in [0, 0.05) is 12.6 Å². The predicted octanol–water partition coefficient (Wildman–Crippen LogP) is 0.543. The van der Waals surface area contributed by atoms with E-state index in [0.717, 1.165) is 29.5 Å². The number of hydrogen-bond donors (Lipinski definition) is 1. The second-order valence-electron chi connectivity index (χ2n) is 7.37. The van der Waals surface area contributed by atoms with Crippen LogP contribution in [-0.4, -0.2) is 63.3 Å². The number of carbonyl (C=O) groups is 1. The molecular formula is C21H28N3O3S+. The van der Waals surface area contributed by atoms with Gasteiger partial charge in [0.05, 0.1) is 37.6 Å². The quantitative estimate of drug-likeness (QED) is 0.767. The summed E-state index contributed by atoms with van der Waals surface area (Å²) in [5, 5.41) is 0. The monoisotopic (exact) mass is 402 g/mol. The second kappa shape index (κ2) is 8.86. The fraction of sp³-hybridized carbons (Fsp3) is 0.381. The van der Waals surface area contributed by atoms with Crippen LogP contribution in [0.3, 0.4) is 0 Å². The number of likely N-dealkylation sites (N-methyl/N-ethyl adjacent to an activating group) is 1. The summed E-state index contributed by atoms with van der Waals surface area (Å²) in [7, 11) is -2.20. The third kappa shape index (κ3) is 4.98. The highest BCUT2D eigenvalue weighted by molar-refractivity contribution is 7.89. The third-order valence-electron chi connectivity index (χ3n) is 5.21. The van der Waals surface area contributed by atoms with Crippen molar-refractivity contribution in [1.82, 2.24) is 9.21 Å². The number of quaternary nitrogens is 1. The summed E-state index contributed by atoms with van der Waals surface area (Å²) in [6.07, 6.45) is 0. The number of nitrogens with one attached hydrogen (secondary N) is 1. The Kier molecular flexibility index (Phi) is 6.49. The van der Waals surface area contributed by atoms with Gasteiger partial charge in [-0.25, -0.2) is 8.42 Å². The predicted molar refractivity (Wildman–Crippen MR) is 108 cm³/mol. The Balaban J connectivity index is 1.53. The number of carbonyl (C=O) groups excluding carboxylic acids is 1. The lowest BCUT2D eigenvalue weighted by Gasteiger charge is -2.33. The summed E-state index contributed by atoms with van der Waals surface area (Å²) in [4.78, 5) is 16.0. The van der Waals surface area contributed by atoms with Crippen molar-refractivity contribution >= 4 is 15.9 Å². The van der Waals surface area contributed by atoms with Crippen LogP contribution in [0.2, 0.25) is 0 Å².